The summed E-state index contributed by atoms with van der Waals surface area (Å²) in [5, 5.41) is 5.11. The van der Waals surface area contributed by atoms with E-state index in [1.165, 1.54) is 0 Å². The molecule has 12 heteroatoms. The Labute approximate surface area is 237 Å². The molecule has 40 heavy (non-hydrogen) atoms. The maximum atomic E-state index is 13.9. The van der Waals surface area contributed by atoms with Crippen molar-refractivity contribution in [3.05, 3.63) is 52.7 Å². The third kappa shape index (κ3) is 5.43. The molecule has 5 rings (SSSR count). The van der Waals surface area contributed by atoms with E-state index in [-0.39, 0.29) is 33.3 Å². The first kappa shape index (κ1) is 28.8. The number of rotatable bonds is 7. The number of sulfone groups is 1. The van der Waals surface area contributed by atoms with Gasteiger partial charge in [-0.15, -0.1) is 0 Å². The number of halogens is 3. The number of nitrogens with zero attached hydrogens (tertiary/aromatic N) is 4. The average Bonchev–Trinajstić information content (AvgIpc) is 3.39. The first-order valence-corrected chi connectivity index (χ1v) is 15.3. The fraction of sp³-hybridized carbons (Fsp3) is 0.500. The Morgan fingerprint density at radius 3 is 2.38 bits per heavy atom. The number of carbonyl (C=O) groups is 1. The van der Waals surface area contributed by atoms with E-state index >= 15 is 0 Å². The molecule has 1 aromatic heterocycles. The molecule has 8 nitrogen and oxygen atoms in total. The van der Waals surface area contributed by atoms with Gasteiger partial charge in [-0.2, -0.15) is 5.10 Å². The molecule has 0 unspecified atom stereocenters. The Morgan fingerprint density at radius 2 is 1.75 bits per heavy atom. The summed E-state index contributed by atoms with van der Waals surface area (Å²) in [5.41, 5.74) is 1.06. The maximum absolute atomic E-state index is 13.9. The zero-order valence-corrected chi connectivity index (χ0v) is 24.5. The molecule has 2 aliphatic rings. The molecule has 3 aromatic rings. The van der Waals surface area contributed by atoms with Gasteiger partial charge >= 0.3 is 0 Å². The zero-order chi connectivity index (χ0) is 29.0. The van der Waals surface area contributed by atoms with E-state index in [0.29, 0.717) is 31.6 Å². The Hall–Kier alpha value is -2.76. The molecule has 3 heterocycles. The number of benzene rings is 2. The smallest absolute Gasteiger partial charge is 0.255 e. The Morgan fingerprint density at radius 1 is 1.10 bits per heavy atom. The quantitative estimate of drug-likeness (QED) is 0.361. The van der Waals surface area contributed by atoms with E-state index in [9.17, 15) is 22.0 Å². The lowest BCUT2D eigenvalue weighted by molar-refractivity contribution is 0.0717. The van der Waals surface area contributed by atoms with E-state index in [1.807, 2.05) is 25.5 Å². The second-order valence-electron chi connectivity index (χ2n) is 11.8. The molecule has 0 aliphatic carbocycles. The Balaban J connectivity index is 1.54. The van der Waals surface area contributed by atoms with E-state index in [0.717, 1.165) is 36.2 Å². The summed E-state index contributed by atoms with van der Waals surface area (Å²) in [6.07, 6.45) is 3.25. The van der Waals surface area contributed by atoms with Gasteiger partial charge in [0.2, 0.25) is 0 Å². The van der Waals surface area contributed by atoms with Crippen LogP contribution in [-0.2, 0) is 21.1 Å². The van der Waals surface area contributed by atoms with Gasteiger partial charge in [0, 0.05) is 37.7 Å². The molecular formula is C28H33ClF2N4O4S. The SMILES string of the molecule is COCCn1ncc2cc(S(=O)(=O)CC(C)(C)C)cc(N3[C@@H]4CC[C@H]3CN(C(=O)c3cc(F)c(F)cc3Cl)C4)c21. The monoisotopic (exact) mass is 594 g/mol. The summed E-state index contributed by atoms with van der Waals surface area (Å²) in [5.74, 6) is -2.71. The Kier molecular flexibility index (Phi) is 7.60. The predicted molar refractivity (Wildman–Crippen MR) is 150 cm³/mol. The number of anilines is 1. The minimum absolute atomic E-state index is 0.00706. The van der Waals surface area contributed by atoms with Crippen molar-refractivity contribution in [1.82, 2.24) is 14.7 Å². The molecule has 2 bridgehead atoms. The number of hydrogen-bond donors (Lipinski definition) is 0. The van der Waals surface area contributed by atoms with Gasteiger partial charge in [0.15, 0.2) is 21.5 Å². The van der Waals surface area contributed by atoms with Gasteiger partial charge in [0.25, 0.3) is 5.91 Å². The molecule has 0 saturated carbocycles. The predicted octanol–water partition coefficient (Wildman–Crippen LogP) is 4.93. The van der Waals surface area contributed by atoms with Gasteiger partial charge in [0.05, 0.1) is 51.8 Å². The summed E-state index contributed by atoms with van der Waals surface area (Å²) in [6.45, 7) is 7.26. The minimum atomic E-state index is -3.60. The van der Waals surface area contributed by atoms with Gasteiger partial charge in [-0.25, -0.2) is 17.2 Å². The summed E-state index contributed by atoms with van der Waals surface area (Å²) >= 11 is 6.10. The summed E-state index contributed by atoms with van der Waals surface area (Å²) in [7, 11) is -1.99. The van der Waals surface area contributed by atoms with Crippen molar-refractivity contribution in [3.63, 3.8) is 0 Å². The van der Waals surface area contributed by atoms with Crippen LogP contribution in [0.2, 0.25) is 5.02 Å². The van der Waals surface area contributed by atoms with Gasteiger partial charge in [0.1, 0.15) is 0 Å². The summed E-state index contributed by atoms with van der Waals surface area (Å²) in [6, 6.07) is 4.86. The molecule has 2 aromatic carbocycles. The van der Waals surface area contributed by atoms with Crippen molar-refractivity contribution < 1.29 is 26.7 Å². The number of fused-ring (bicyclic) bond motifs is 3. The molecule has 1 amide bonds. The number of likely N-dealkylation sites (tertiary alicyclic amines) is 1. The number of piperazine rings is 1. The standard InChI is InChI=1S/C28H33ClF2N4O4S/c1-28(2,3)16-40(37,38)20-9-17-13-32-34(7-8-39-4)26(17)25(10-20)35-18-5-6-19(35)15-33(14-18)27(36)21-11-23(30)24(31)12-22(21)29/h9-13,18-19H,5-8,14-16H2,1-4H3/t18-,19+. The second-order valence-corrected chi connectivity index (χ2v) is 14.2. The number of methoxy groups -OCH3 is 1. The fourth-order valence-corrected chi connectivity index (χ4v) is 8.02. The second kappa shape index (κ2) is 10.6. The van der Waals surface area contributed by atoms with Crippen LogP contribution in [0.3, 0.4) is 0 Å². The van der Waals surface area contributed by atoms with Crippen molar-refractivity contribution in [2.24, 2.45) is 5.41 Å². The van der Waals surface area contributed by atoms with Gasteiger partial charge in [-0.3, -0.25) is 9.48 Å². The highest BCUT2D eigenvalue weighted by atomic mass is 35.5. The van der Waals surface area contributed by atoms with Crippen LogP contribution in [0, 0.1) is 17.0 Å². The summed E-state index contributed by atoms with van der Waals surface area (Å²) < 4.78 is 61.6. The highest BCUT2D eigenvalue weighted by Crippen LogP contribution is 2.41. The largest absolute Gasteiger partial charge is 0.383 e. The van der Waals surface area contributed by atoms with Gasteiger partial charge in [-0.1, -0.05) is 32.4 Å². The molecule has 0 radical (unpaired) electrons. The summed E-state index contributed by atoms with van der Waals surface area (Å²) in [4.78, 5) is 17.4. The molecule has 0 N–H and O–H groups in total. The number of aromatic nitrogens is 2. The molecule has 2 atom stereocenters. The van der Waals surface area contributed by atoms with Crippen LogP contribution in [0.4, 0.5) is 14.5 Å². The molecule has 2 saturated heterocycles. The third-order valence-electron chi connectivity index (χ3n) is 7.46. The van der Waals surface area contributed by atoms with E-state index < -0.39 is 32.8 Å². The van der Waals surface area contributed by atoms with Crippen molar-refractivity contribution in [1.29, 1.82) is 0 Å². The van der Waals surface area contributed by atoms with Gasteiger partial charge < -0.3 is 14.5 Å². The molecule has 2 aliphatic heterocycles. The highest BCUT2D eigenvalue weighted by Gasteiger charge is 2.43. The molecule has 216 valence electrons. The first-order valence-electron chi connectivity index (χ1n) is 13.2. The van der Waals surface area contributed by atoms with Crippen molar-refractivity contribution >= 4 is 43.9 Å². The number of ether oxygens (including phenoxy) is 1. The minimum Gasteiger partial charge on any atom is -0.383 e. The first-order chi connectivity index (χ1) is 18.8. The molecule has 0 spiro atoms. The van der Waals surface area contributed by atoms with Crippen LogP contribution >= 0.6 is 11.6 Å². The number of hydrogen-bond acceptors (Lipinski definition) is 6. The van der Waals surface area contributed by atoms with Crippen LogP contribution < -0.4 is 4.90 Å². The molecule has 2 fully saturated rings. The highest BCUT2D eigenvalue weighted by molar-refractivity contribution is 7.91. The Bertz CT molecular complexity index is 1560. The zero-order valence-electron chi connectivity index (χ0n) is 23.0. The van der Waals surface area contributed by atoms with E-state index in [2.05, 4.69) is 10.00 Å². The van der Waals surface area contributed by atoms with Crippen LogP contribution in [0.25, 0.3) is 10.9 Å². The van der Waals surface area contributed by atoms with Crippen molar-refractivity contribution in [2.75, 3.05) is 37.5 Å². The van der Waals surface area contributed by atoms with Crippen LogP contribution in [0.1, 0.15) is 44.0 Å². The average molecular weight is 595 g/mol. The van der Waals surface area contributed by atoms with Crippen LogP contribution in [0.5, 0.6) is 0 Å². The van der Waals surface area contributed by atoms with Crippen molar-refractivity contribution in [3.8, 4) is 0 Å². The van der Waals surface area contributed by atoms with Crippen LogP contribution in [-0.4, -0.2) is 73.6 Å². The third-order valence-corrected chi connectivity index (χ3v) is 9.98. The van der Waals surface area contributed by atoms with E-state index in [4.69, 9.17) is 16.3 Å². The topological polar surface area (TPSA) is 84.7 Å². The van der Waals surface area contributed by atoms with Gasteiger partial charge in [-0.05, 0) is 42.5 Å². The fourth-order valence-electron chi connectivity index (χ4n) is 5.88. The van der Waals surface area contributed by atoms with Crippen LogP contribution in [0.15, 0.2) is 35.4 Å². The number of amides is 1. The number of carbonyl (C=O) groups excluding carboxylic acids is 1. The lowest BCUT2D eigenvalue weighted by Gasteiger charge is -2.43. The lowest BCUT2D eigenvalue weighted by atomic mass is 10.0. The normalized spacial score (nSPS) is 19.6. The maximum Gasteiger partial charge on any atom is 0.255 e. The van der Waals surface area contributed by atoms with Crippen molar-refractivity contribution in [2.45, 2.75) is 57.1 Å². The lowest BCUT2D eigenvalue weighted by Crippen LogP contribution is -2.55. The van der Waals surface area contributed by atoms with E-state index in [1.54, 1.807) is 30.3 Å². The molecular weight excluding hydrogens is 562 g/mol.